The lowest BCUT2D eigenvalue weighted by atomic mass is 10.1. The molecule has 0 saturated heterocycles. The van der Waals surface area contributed by atoms with Gasteiger partial charge in [-0.05, 0) is 18.2 Å². The number of halogens is 2. The average molecular weight is 269 g/mol. The minimum absolute atomic E-state index is 0.202. The van der Waals surface area contributed by atoms with Gasteiger partial charge in [-0.25, -0.2) is 13.6 Å². The summed E-state index contributed by atoms with van der Waals surface area (Å²) < 4.78 is 31.3. The molecule has 1 aliphatic heterocycles. The second kappa shape index (κ2) is 5.21. The van der Waals surface area contributed by atoms with E-state index in [-0.39, 0.29) is 18.1 Å². The van der Waals surface area contributed by atoms with Crippen molar-refractivity contribution < 1.29 is 18.3 Å². The van der Waals surface area contributed by atoms with Gasteiger partial charge in [-0.1, -0.05) is 0 Å². The molecule has 2 rings (SSSR count). The Hall–Kier alpha value is -2.18. The number of rotatable bonds is 1. The Morgan fingerprint density at radius 2 is 2.26 bits per heavy atom. The van der Waals surface area contributed by atoms with Crippen molar-refractivity contribution in [1.29, 1.82) is 0 Å². The third-order valence-corrected chi connectivity index (χ3v) is 2.93. The van der Waals surface area contributed by atoms with Crippen LogP contribution in [0.4, 0.5) is 13.6 Å². The molecule has 7 heteroatoms. The quantitative estimate of drug-likeness (QED) is 0.843. The Morgan fingerprint density at radius 3 is 2.95 bits per heavy atom. The molecule has 19 heavy (non-hydrogen) atoms. The highest BCUT2D eigenvalue weighted by molar-refractivity contribution is 5.94. The summed E-state index contributed by atoms with van der Waals surface area (Å²) in [5.74, 6) is -0.757. The number of amides is 1. The largest absolute Gasteiger partial charge is 0.453 e. The number of nitrogens with zero attached hydrogens (tertiary/aromatic N) is 2. The number of alkyl carbamates (subject to hydrolysis) is 1. The second-order valence-corrected chi connectivity index (χ2v) is 4.07. The van der Waals surface area contributed by atoms with Crippen LogP contribution >= 0.6 is 0 Å². The van der Waals surface area contributed by atoms with Crippen LogP contribution in [-0.2, 0) is 4.74 Å². The molecule has 1 aliphatic rings. The molecule has 1 aromatic carbocycles. The van der Waals surface area contributed by atoms with E-state index in [1.807, 2.05) is 0 Å². The summed E-state index contributed by atoms with van der Waals surface area (Å²) in [4.78, 5) is 16.7. The van der Waals surface area contributed by atoms with Crippen LogP contribution in [0.3, 0.4) is 0 Å². The molecule has 5 nitrogen and oxygen atoms in total. The van der Waals surface area contributed by atoms with Crippen molar-refractivity contribution in [2.45, 2.75) is 6.04 Å². The van der Waals surface area contributed by atoms with Crippen molar-refractivity contribution in [1.82, 2.24) is 10.2 Å². The van der Waals surface area contributed by atoms with Crippen molar-refractivity contribution in [2.75, 3.05) is 20.7 Å². The van der Waals surface area contributed by atoms with E-state index < -0.39 is 23.8 Å². The number of nitrogens with one attached hydrogen (secondary N) is 1. The van der Waals surface area contributed by atoms with E-state index in [0.29, 0.717) is 0 Å². The van der Waals surface area contributed by atoms with Gasteiger partial charge >= 0.3 is 6.09 Å². The first-order valence-electron chi connectivity index (χ1n) is 5.60. The van der Waals surface area contributed by atoms with Gasteiger partial charge < -0.3 is 9.64 Å². The van der Waals surface area contributed by atoms with Crippen molar-refractivity contribution in [2.24, 2.45) is 4.99 Å². The summed E-state index contributed by atoms with van der Waals surface area (Å²) in [6.07, 6.45) is -0.661. The van der Waals surface area contributed by atoms with Gasteiger partial charge in [0.15, 0.2) is 0 Å². The molecule has 0 radical (unpaired) electrons. The zero-order chi connectivity index (χ0) is 14.0. The predicted molar refractivity (Wildman–Crippen MR) is 64.7 cm³/mol. The SMILES string of the molecule is COC(=O)NC1=NCC(c2cc(F)ccc2F)N1C. The summed E-state index contributed by atoms with van der Waals surface area (Å²) in [6.45, 7) is 0.232. The molecule has 1 aromatic rings. The van der Waals surface area contributed by atoms with Gasteiger partial charge in [-0.15, -0.1) is 0 Å². The number of methoxy groups -OCH3 is 1. The van der Waals surface area contributed by atoms with E-state index in [0.717, 1.165) is 18.2 Å². The Labute approximate surface area is 108 Å². The van der Waals surface area contributed by atoms with Crippen molar-refractivity contribution >= 4 is 12.1 Å². The first kappa shape index (κ1) is 13.3. The van der Waals surface area contributed by atoms with E-state index in [1.165, 1.54) is 7.11 Å². The number of guanidine groups is 1. The molecular formula is C12H13F2N3O2. The third kappa shape index (κ3) is 2.64. The van der Waals surface area contributed by atoms with Gasteiger partial charge in [-0.3, -0.25) is 10.3 Å². The standard InChI is InChI=1S/C12H13F2N3O2/c1-17-10(6-15-11(17)16-12(18)19-2)8-5-7(13)3-4-9(8)14/h3-5,10H,6H2,1-2H3,(H,15,16,18). The molecule has 102 valence electrons. The molecule has 1 heterocycles. The number of likely N-dealkylation sites (N-methyl/N-ethyl adjacent to an activating group) is 1. The van der Waals surface area contributed by atoms with Crippen molar-refractivity contribution in [3.63, 3.8) is 0 Å². The van der Waals surface area contributed by atoms with E-state index >= 15 is 0 Å². The number of carbonyl (C=O) groups excluding carboxylic acids is 1. The van der Waals surface area contributed by atoms with E-state index in [1.54, 1.807) is 11.9 Å². The first-order chi connectivity index (χ1) is 9.02. The van der Waals surface area contributed by atoms with Crippen LogP contribution in [0.1, 0.15) is 11.6 Å². The van der Waals surface area contributed by atoms with Crippen LogP contribution in [0.15, 0.2) is 23.2 Å². The third-order valence-electron chi connectivity index (χ3n) is 2.93. The normalized spacial score (nSPS) is 18.2. The number of aliphatic imine (C=N–C) groups is 1. The van der Waals surface area contributed by atoms with Gasteiger partial charge in [0.2, 0.25) is 5.96 Å². The number of hydrogen-bond donors (Lipinski definition) is 1. The van der Waals surface area contributed by atoms with Gasteiger partial charge in [0.25, 0.3) is 0 Å². The fourth-order valence-electron chi connectivity index (χ4n) is 1.90. The zero-order valence-corrected chi connectivity index (χ0v) is 10.5. The lowest BCUT2D eigenvalue weighted by molar-refractivity contribution is 0.175. The van der Waals surface area contributed by atoms with Crippen LogP contribution < -0.4 is 5.32 Å². The minimum Gasteiger partial charge on any atom is -0.453 e. The van der Waals surface area contributed by atoms with Crippen molar-refractivity contribution in [3.05, 3.63) is 35.4 Å². The molecule has 0 bridgehead atoms. The molecule has 0 fully saturated rings. The monoisotopic (exact) mass is 269 g/mol. The summed E-state index contributed by atoms with van der Waals surface area (Å²) >= 11 is 0. The highest BCUT2D eigenvalue weighted by atomic mass is 19.1. The second-order valence-electron chi connectivity index (χ2n) is 4.07. The van der Waals surface area contributed by atoms with Gasteiger partial charge in [0.1, 0.15) is 11.6 Å². The number of carbonyl (C=O) groups is 1. The summed E-state index contributed by atoms with van der Waals surface area (Å²) in [5, 5.41) is 2.41. The number of hydrogen-bond acceptors (Lipinski definition) is 4. The van der Waals surface area contributed by atoms with Crippen LogP contribution in [-0.4, -0.2) is 37.7 Å². The smallest absolute Gasteiger partial charge is 0.413 e. The molecule has 0 spiro atoms. The Bertz CT molecular complexity index is 534. The van der Waals surface area contributed by atoms with Crippen LogP contribution in [0.5, 0.6) is 0 Å². The van der Waals surface area contributed by atoms with Gasteiger partial charge in [0.05, 0.1) is 19.7 Å². The highest BCUT2D eigenvalue weighted by Crippen LogP contribution is 2.27. The van der Waals surface area contributed by atoms with E-state index in [4.69, 9.17) is 0 Å². The van der Waals surface area contributed by atoms with Gasteiger partial charge in [0, 0.05) is 12.6 Å². The topological polar surface area (TPSA) is 53.9 Å². The Kier molecular flexibility index (Phi) is 3.64. The zero-order valence-electron chi connectivity index (χ0n) is 10.5. The molecule has 0 aromatic heterocycles. The fraction of sp³-hybridized carbons (Fsp3) is 0.333. The Balaban J connectivity index is 2.17. The minimum atomic E-state index is -0.661. The van der Waals surface area contributed by atoms with Crippen molar-refractivity contribution in [3.8, 4) is 0 Å². The molecular weight excluding hydrogens is 256 g/mol. The molecule has 0 saturated carbocycles. The maximum atomic E-state index is 13.7. The highest BCUT2D eigenvalue weighted by Gasteiger charge is 2.29. The van der Waals surface area contributed by atoms with E-state index in [9.17, 15) is 13.6 Å². The van der Waals surface area contributed by atoms with Crippen LogP contribution in [0, 0.1) is 11.6 Å². The Morgan fingerprint density at radius 1 is 1.53 bits per heavy atom. The fourth-order valence-corrected chi connectivity index (χ4v) is 1.90. The molecule has 1 amide bonds. The maximum Gasteiger partial charge on any atom is 0.413 e. The first-order valence-corrected chi connectivity index (χ1v) is 5.60. The van der Waals surface area contributed by atoms with E-state index in [2.05, 4.69) is 15.0 Å². The number of ether oxygens (including phenoxy) is 1. The summed E-state index contributed by atoms with van der Waals surface area (Å²) in [7, 11) is 2.87. The summed E-state index contributed by atoms with van der Waals surface area (Å²) in [6, 6.07) is 2.81. The molecule has 1 unspecified atom stereocenters. The maximum absolute atomic E-state index is 13.7. The van der Waals surface area contributed by atoms with Gasteiger partial charge in [-0.2, -0.15) is 0 Å². The predicted octanol–water partition coefficient (Wildman–Crippen LogP) is 1.66. The molecule has 0 aliphatic carbocycles. The lowest BCUT2D eigenvalue weighted by Gasteiger charge is -2.23. The van der Waals surface area contributed by atoms with Crippen LogP contribution in [0.2, 0.25) is 0 Å². The lowest BCUT2D eigenvalue weighted by Crippen LogP contribution is -2.40. The summed E-state index contributed by atoms with van der Waals surface area (Å²) in [5.41, 5.74) is 0.202. The molecule has 1 atom stereocenters. The average Bonchev–Trinajstić information content (AvgIpc) is 2.74. The van der Waals surface area contributed by atoms with Crippen LogP contribution in [0.25, 0.3) is 0 Å². The number of benzene rings is 1. The molecule has 1 N–H and O–H groups in total.